The van der Waals surface area contributed by atoms with E-state index in [9.17, 15) is 4.79 Å². The van der Waals surface area contributed by atoms with Gasteiger partial charge in [-0.25, -0.2) is 9.36 Å². The predicted molar refractivity (Wildman–Crippen MR) is 103 cm³/mol. The van der Waals surface area contributed by atoms with Crippen molar-refractivity contribution in [2.24, 2.45) is 0 Å². The molecule has 5 rings (SSSR count). The van der Waals surface area contributed by atoms with Crippen LogP contribution in [0.2, 0.25) is 0 Å². The van der Waals surface area contributed by atoms with Crippen LogP contribution in [0.3, 0.4) is 0 Å². The Labute approximate surface area is 160 Å². The highest BCUT2D eigenvalue weighted by Crippen LogP contribution is 2.39. The summed E-state index contributed by atoms with van der Waals surface area (Å²) in [4.78, 5) is 13.0. The minimum atomic E-state index is -0.211. The smallest absolute Gasteiger partial charge is 0.274 e. The zero-order valence-corrected chi connectivity index (χ0v) is 14.9. The molecular weight excluding hydrogens is 354 g/mol. The van der Waals surface area contributed by atoms with Crippen molar-refractivity contribution in [2.45, 2.75) is 18.8 Å². The van der Waals surface area contributed by atoms with E-state index in [1.54, 1.807) is 4.68 Å². The molecule has 1 amide bonds. The second-order valence-corrected chi connectivity index (χ2v) is 6.73. The largest absolute Gasteiger partial charge is 0.321 e. The summed E-state index contributed by atoms with van der Waals surface area (Å²) in [5.74, 6) is 0.247. The second kappa shape index (κ2) is 6.73. The van der Waals surface area contributed by atoms with Gasteiger partial charge in [0.2, 0.25) is 0 Å². The molecule has 4 aromatic rings. The Morgan fingerprint density at radius 3 is 2.57 bits per heavy atom. The van der Waals surface area contributed by atoms with Gasteiger partial charge < -0.3 is 5.32 Å². The number of benzene rings is 2. The van der Waals surface area contributed by atoms with E-state index in [1.165, 1.54) is 11.0 Å². The normalized spacial score (nSPS) is 13.4. The molecule has 2 aromatic carbocycles. The minimum Gasteiger partial charge on any atom is -0.321 e. The minimum absolute atomic E-state index is 0.211. The van der Waals surface area contributed by atoms with Crippen LogP contribution in [0.1, 0.15) is 34.9 Å². The van der Waals surface area contributed by atoms with E-state index in [1.807, 2.05) is 60.7 Å². The van der Waals surface area contributed by atoms with Crippen LogP contribution in [-0.4, -0.2) is 35.9 Å². The standard InChI is InChI=1S/C20H17N7O/c28-20(22-15-5-4-8-17(11-15)26-13-21-24-25-26)19-12-18(14-9-10-14)23-27(19)16-6-2-1-3-7-16/h1-8,11-14H,9-10H2,(H,22,28). The van der Waals surface area contributed by atoms with Gasteiger partial charge in [-0.05, 0) is 59.7 Å². The van der Waals surface area contributed by atoms with Crippen molar-refractivity contribution in [3.63, 3.8) is 0 Å². The van der Waals surface area contributed by atoms with E-state index in [2.05, 4.69) is 25.9 Å². The highest BCUT2D eigenvalue weighted by Gasteiger charge is 2.29. The summed E-state index contributed by atoms with van der Waals surface area (Å²) in [6.45, 7) is 0. The van der Waals surface area contributed by atoms with Crippen LogP contribution >= 0.6 is 0 Å². The summed E-state index contributed by atoms with van der Waals surface area (Å²) < 4.78 is 3.25. The lowest BCUT2D eigenvalue weighted by molar-refractivity contribution is 0.101. The molecule has 1 fully saturated rings. The van der Waals surface area contributed by atoms with Crippen molar-refractivity contribution < 1.29 is 4.79 Å². The molecule has 1 saturated carbocycles. The molecular formula is C20H17N7O. The summed E-state index contributed by atoms with van der Waals surface area (Å²) in [6, 6.07) is 19.0. The fourth-order valence-electron chi connectivity index (χ4n) is 3.11. The van der Waals surface area contributed by atoms with Crippen molar-refractivity contribution in [3.05, 3.63) is 78.4 Å². The maximum absolute atomic E-state index is 13.0. The maximum Gasteiger partial charge on any atom is 0.274 e. The van der Waals surface area contributed by atoms with E-state index in [4.69, 9.17) is 0 Å². The first-order chi connectivity index (χ1) is 13.8. The first-order valence-electron chi connectivity index (χ1n) is 9.08. The molecule has 1 N–H and O–H groups in total. The first-order valence-corrected chi connectivity index (χ1v) is 9.08. The number of aromatic nitrogens is 6. The number of amides is 1. The quantitative estimate of drug-likeness (QED) is 0.582. The van der Waals surface area contributed by atoms with Crippen LogP contribution in [0.5, 0.6) is 0 Å². The van der Waals surface area contributed by atoms with Gasteiger partial charge >= 0.3 is 0 Å². The predicted octanol–water partition coefficient (Wildman–Crippen LogP) is 2.98. The van der Waals surface area contributed by atoms with Gasteiger partial charge in [0.15, 0.2) is 0 Å². The number of anilines is 1. The Morgan fingerprint density at radius 1 is 1.00 bits per heavy atom. The van der Waals surface area contributed by atoms with Gasteiger partial charge in [-0.2, -0.15) is 5.10 Å². The summed E-state index contributed by atoms with van der Waals surface area (Å²) in [7, 11) is 0. The number of nitrogens with one attached hydrogen (secondary N) is 1. The number of carbonyl (C=O) groups is 1. The summed E-state index contributed by atoms with van der Waals surface area (Å²) in [6.07, 6.45) is 3.76. The number of hydrogen-bond acceptors (Lipinski definition) is 5. The number of rotatable bonds is 5. The number of tetrazole rings is 1. The Kier molecular flexibility index (Phi) is 3.93. The third-order valence-corrected chi connectivity index (χ3v) is 4.67. The van der Waals surface area contributed by atoms with Gasteiger partial charge in [0.1, 0.15) is 12.0 Å². The van der Waals surface area contributed by atoms with Crippen LogP contribution in [0, 0.1) is 0 Å². The molecule has 0 unspecified atom stereocenters. The molecule has 28 heavy (non-hydrogen) atoms. The molecule has 2 heterocycles. The maximum atomic E-state index is 13.0. The molecule has 8 heteroatoms. The van der Waals surface area contributed by atoms with Gasteiger partial charge in [0, 0.05) is 11.6 Å². The molecule has 0 radical (unpaired) electrons. The number of carbonyl (C=O) groups excluding carboxylic acids is 1. The molecule has 0 bridgehead atoms. The van der Waals surface area contributed by atoms with Gasteiger partial charge in [-0.3, -0.25) is 4.79 Å². The lowest BCUT2D eigenvalue weighted by atomic mass is 10.2. The molecule has 0 spiro atoms. The van der Waals surface area contributed by atoms with Crippen LogP contribution in [0.4, 0.5) is 5.69 Å². The van der Waals surface area contributed by atoms with Crippen LogP contribution < -0.4 is 5.32 Å². The van der Waals surface area contributed by atoms with Gasteiger partial charge in [-0.15, -0.1) is 5.10 Å². The van der Waals surface area contributed by atoms with Crippen molar-refractivity contribution >= 4 is 11.6 Å². The van der Waals surface area contributed by atoms with Crippen molar-refractivity contribution in [1.29, 1.82) is 0 Å². The van der Waals surface area contributed by atoms with E-state index >= 15 is 0 Å². The second-order valence-electron chi connectivity index (χ2n) is 6.73. The number of hydrogen-bond donors (Lipinski definition) is 1. The Hall–Kier alpha value is -3.81. The number of nitrogens with zero attached hydrogens (tertiary/aromatic N) is 6. The van der Waals surface area contributed by atoms with E-state index in [0.717, 1.165) is 29.9 Å². The van der Waals surface area contributed by atoms with E-state index in [-0.39, 0.29) is 5.91 Å². The molecule has 0 atom stereocenters. The van der Waals surface area contributed by atoms with Crippen LogP contribution in [-0.2, 0) is 0 Å². The van der Waals surface area contributed by atoms with Gasteiger partial charge in [0.05, 0.1) is 17.1 Å². The van der Waals surface area contributed by atoms with E-state index < -0.39 is 0 Å². The zero-order chi connectivity index (χ0) is 18.9. The van der Waals surface area contributed by atoms with E-state index in [0.29, 0.717) is 17.3 Å². The van der Waals surface area contributed by atoms with Crippen LogP contribution in [0.25, 0.3) is 11.4 Å². The lowest BCUT2D eigenvalue weighted by Gasteiger charge is -2.09. The summed E-state index contributed by atoms with van der Waals surface area (Å²) >= 11 is 0. The molecule has 1 aliphatic carbocycles. The molecule has 2 aromatic heterocycles. The average molecular weight is 371 g/mol. The molecule has 0 aliphatic heterocycles. The number of para-hydroxylation sites is 1. The highest BCUT2D eigenvalue weighted by atomic mass is 16.2. The monoisotopic (exact) mass is 371 g/mol. The highest BCUT2D eigenvalue weighted by molar-refractivity contribution is 6.03. The fraction of sp³-hybridized carbons (Fsp3) is 0.150. The lowest BCUT2D eigenvalue weighted by Crippen LogP contribution is -2.17. The molecule has 1 aliphatic rings. The average Bonchev–Trinajstić information content (AvgIpc) is 3.26. The van der Waals surface area contributed by atoms with Crippen molar-refractivity contribution in [3.8, 4) is 11.4 Å². The third-order valence-electron chi connectivity index (χ3n) is 4.67. The third kappa shape index (κ3) is 3.16. The Morgan fingerprint density at radius 2 is 1.82 bits per heavy atom. The van der Waals surface area contributed by atoms with Gasteiger partial charge in [-0.1, -0.05) is 24.3 Å². The Balaban J connectivity index is 1.46. The summed E-state index contributed by atoms with van der Waals surface area (Å²) in [5, 5.41) is 18.8. The molecule has 8 nitrogen and oxygen atoms in total. The SMILES string of the molecule is O=C(Nc1cccc(-n2cnnn2)c1)c1cc(C2CC2)nn1-c1ccccc1. The topological polar surface area (TPSA) is 90.5 Å². The first kappa shape index (κ1) is 16.4. The Bertz CT molecular complexity index is 1110. The molecule has 0 saturated heterocycles. The van der Waals surface area contributed by atoms with Crippen LogP contribution in [0.15, 0.2) is 67.0 Å². The van der Waals surface area contributed by atoms with Crippen molar-refractivity contribution in [1.82, 2.24) is 30.0 Å². The van der Waals surface area contributed by atoms with Gasteiger partial charge in [0.25, 0.3) is 5.91 Å². The summed E-state index contributed by atoms with van der Waals surface area (Å²) in [5.41, 5.74) is 3.77. The van der Waals surface area contributed by atoms with Crippen molar-refractivity contribution in [2.75, 3.05) is 5.32 Å². The zero-order valence-electron chi connectivity index (χ0n) is 14.9. The fourth-order valence-corrected chi connectivity index (χ4v) is 3.11. The molecule has 138 valence electrons.